The van der Waals surface area contributed by atoms with Crippen LogP contribution in [0.5, 0.6) is 0 Å². The van der Waals surface area contributed by atoms with Crippen molar-refractivity contribution in [2.75, 3.05) is 19.7 Å². The molecule has 0 saturated carbocycles. The molecule has 1 saturated heterocycles. The summed E-state index contributed by atoms with van der Waals surface area (Å²) in [7, 11) is 0. The average Bonchev–Trinajstić information content (AvgIpc) is 2.47. The normalized spacial score (nSPS) is 18.9. The predicted octanol–water partition coefficient (Wildman–Crippen LogP) is 1.37. The topological polar surface area (TPSA) is 83.7 Å². The van der Waals surface area contributed by atoms with E-state index in [1.54, 1.807) is 23.1 Å². The van der Waals surface area contributed by atoms with Crippen LogP contribution in [0.3, 0.4) is 0 Å². The highest BCUT2D eigenvalue weighted by Gasteiger charge is 2.24. The number of hydrogen-bond acceptors (Lipinski definition) is 4. The molecule has 1 aliphatic heterocycles. The zero-order valence-electron chi connectivity index (χ0n) is 11.2. The molecule has 1 amide bonds. The van der Waals surface area contributed by atoms with Crippen molar-refractivity contribution in [2.45, 2.75) is 19.3 Å². The summed E-state index contributed by atoms with van der Waals surface area (Å²) in [5, 5.41) is 20.1. The predicted molar refractivity (Wildman–Crippen MR) is 73.2 cm³/mol. The first-order valence-corrected chi connectivity index (χ1v) is 6.72. The van der Waals surface area contributed by atoms with Crippen molar-refractivity contribution < 1.29 is 14.8 Å². The van der Waals surface area contributed by atoms with E-state index in [1.165, 1.54) is 6.07 Å². The third-order valence-electron chi connectivity index (χ3n) is 3.66. The minimum Gasteiger partial charge on any atom is -0.396 e. The van der Waals surface area contributed by atoms with E-state index in [0.717, 1.165) is 12.8 Å². The van der Waals surface area contributed by atoms with Crippen LogP contribution in [0.25, 0.3) is 0 Å². The van der Waals surface area contributed by atoms with Crippen LogP contribution in [0.4, 0.5) is 5.69 Å². The number of nitro groups is 1. The number of carbonyl (C=O) groups excluding carboxylic acids is 1. The van der Waals surface area contributed by atoms with Crippen LogP contribution in [0.2, 0.25) is 0 Å². The van der Waals surface area contributed by atoms with Gasteiger partial charge in [0.25, 0.3) is 5.69 Å². The van der Waals surface area contributed by atoms with E-state index in [2.05, 4.69) is 0 Å². The van der Waals surface area contributed by atoms with E-state index >= 15 is 0 Å². The molecule has 0 bridgehead atoms. The number of carbonyl (C=O) groups is 1. The summed E-state index contributed by atoms with van der Waals surface area (Å²) in [6.45, 7) is 1.28. The lowest BCUT2D eigenvalue weighted by Crippen LogP contribution is -2.41. The molecule has 108 valence electrons. The van der Waals surface area contributed by atoms with Crippen LogP contribution in [0.15, 0.2) is 24.3 Å². The van der Waals surface area contributed by atoms with Crippen LogP contribution in [0, 0.1) is 16.0 Å². The molecule has 1 N–H and O–H groups in total. The Balaban J connectivity index is 2.06. The monoisotopic (exact) mass is 278 g/mol. The highest BCUT2D eigenvalue weighted by atomic mass is 16.6. The molecule has 1 unspecified atom stereocenters. The van der Waals surface area contributed by atoms with Gasteiger partial charge in [-0.05, 0) is 18.8 Å². The Morgan fingerprint density at radius 2 is 2.20 bits per heavy atom. The van der Waals surface area contributed by atoms with Gasteiger partial charge in [0.1, 0.15) is 0 Å². The smallest absolute Gasteiger partial charge is 0.273 e. The van der Waals surface area contributed by atoms with E-state index in [1.807, 2.05) is 0 Å². The number of likely N-dealkylation sites (tertiary alicyclic amines) is 1. The van der Waals surface area contributed by atoms with E-state index in [4.69, 9.17) is 5.11 Å². The molecule has 0 aliphatic carbocycles. The van der Waals surface area contributed by atoms with Gasteiger partial charge in [-0.2, -0.15) is 0 Å². The van der Waals surface area contributed by atoms with Crippen LogP contribution >= 0.6 is 0 Å². The molecule has 1 aliphatic rings. The Kier molecular flexibility index (Phi) is 4.68. The molecule has 1 fully saturated rings. The van der Waals surface area contributed by atoms with Gasteiger partial charge in [-0.3, -0.25) is 14.9 Å². The first-order valence-electron chi connectivity index (χ1n) is 6.72. The number of rotatable bonds is 4. The molecule has 1 heterocycles. The first-order chi connectivity index (χ1) is 9.61. The summed E-state index contributed by atoms with van der Waals surface area (Å²) in [6.07, 6.45) is 1.83. The minimum atomic E-state index is -0.463. The van der Waals surface area contributed by atoms with Crippen LogP contribution < -0.4 is 0 Å². The second-order valence-electron chi connectivity index (χ2n) is 5.09. The molecule has 0 spiro atoms. The quantitative estimate of drug-likeness (QED) is 0.666. The van der Waals surface area contributed by atoms with Gasteiger partial charge in [0, 0.05) is 31.3 Å². The Morgan fingerprint density at radius 3 is 2.90 bits per heavy atom. The van der Waals surface area contributed by atoms with Gasteiger partial charge in [0.05, 0.1) is 11.3 Å². The first kappa shape index (κ1) is 14.5. The number of benzene rings is 1. The van der Waals surface area contributed by atoms with Crippen molar-refractivity contribution >= 4 is 11.6 Å². The summed E-state index contributed by atoms with van der Waals surface area (Å²) in [4.78, 5) is 24.4. The summed E-state index contributed by atoms with van der Waals surface area (Å²) in [6, 6.07) is 6.32. The van der Waals surface area contributed by atoms with Crippen molar-refractivity contribution in [1.29, 1.82) is 0 Å². The Morgan fingerprint density at radius 1 is 1.45 bits per heavy atom. The lowest BCUT2D eigenvalue weighted by atomic mass is 9.98. The summed E-state index contributed by atoms with van der Waals surface area (Å²) in [5.41, 5.74) is 0.421. The maximum Gasteiger partial charge on any atom is 0.273 e. The molecule has 0 aromatic heterocycles. The molecule has 1 aromatic carbocycles. The molecular formula is C14H18N2O4. The van der Waals surface area contributed by atoms with Gasteiger partial charge in [0.2, 0.25) is 5.91 Å². The Labute approximate surface area is 117 Å². The molecule has 1 atom stereocenters. The van der Waals surface area contributed by atoms with Crippen LogP contribution in [-0.4, -0.2) is 40.5 Å². The fraction of sp³-hybridized carbons (Fsp3) is 0.500. The summed E-state index contributed by atoms with van der Waals surface area (Å²) < 4.78 is 0. The third-order valence-corrected chi connectivity index (χ3v) is 3.66. The van der Waals surface area contributed by atoms with E-state index < -0.39 is 4.92 Å². The van der Waals surface area contributed by atoms with Crippen molar-refractivity contribution in [3.63, 3.8) is 0 Å². The molecule has 6 heteroatoms. The number of nitro benzene ring substituents is 1. The standard InChI is InChI=1S/C14H18N2O4/c17-10-11-4-3-7-15(9-11)14(18)8-12-5-1-2-6-13(12)16(19)20/h1-2,5-6,11,17H,3-4,7-10H2. The Bertz CT molecular complexity index is 504. The molecular weight excluding hydrogens is 260 g/mol. The second-order valence-corrected chi connectivity index (χ2v) is 5.09. The fourth-order valence-corrected chi connectivity index (χ4v) is 2.55. The number of aliphatic hydroxyl groups excluding tert-OH is 1. The van der Waals surface area contributed by atoms with Crippen molar-refractivity contribution in [1.82, 2.24) is 4.90 Å². The van der Waals surface area contributed by atoms with Gasteiger partial charge in [-0.15, -0.1) is 0 Å². The van der Waals surface area contributed by atoms with Crippen molar-refractivity contribution in [2.24, 2.45) is 5.92 Å². The van der Waals surface area contributed by atoms with Crippen LogP contribution in [0.1, 0.15) is 18.4 Å². The SMILES string of the molecule is O=C(Cc1ccccc1[N+](=O)[O-])N1CCCC(CO)C1. The number of nitrogens with zero attached hydrogens (tertiary/aromatic N) is 2. The van der Waals surface area contributed by atoms with Gasteiger partial charge in [-0.1, -0.05) is 18.2 Å². The van der Waals surface area contributed by atoms with Crippen LogP contribution in [-0.2, 0) is 11.2 Å². The average molecular weight is 278 g/mol. The maximum absolute atomic E-state index is 12.2. The van der Waals surface area contributed by atoms with Gasteiger partial charge in [0.15, 0.2) is 0 Å². The molecule has 20 heavy (non-hydrogen) atoms. The minimum absolute atomic E-state index is 0.0171. The third kappa shape index (κ3) is 3.33. The molecule has 2 rings (SSSR count). The number of piperidine rings is 1. The lowest BCUT2D eigenvalue weighted by Gasteiger charge is -2.31. The van der Waals surface area contributed by atoms with Crippen molar-refractivity contribution in [3.05, 3.63) is 39.9 Å². The van der Waals surface area contributed by atoms with Gasteiger partial charge in [-0.25, -0.2) is 0 Å². The van der Waals surface area contributed by atoms with Gasteiger partial charge < -0.3 is 10.0 Å². The largest absolute Gasteiger partial charge is 0.396 e. The molecule has 6 nitrogen and oxygen atoms in total. The fourth-order valence-electron chi connectivity index (χ4n) is 2.55. The second kappa shape index (κ2) is 6.47. The molecule has 1 aromatic rings. The van der Waals surface area contributed by atoms with E-state index in [9.17, 15) is 14.9 Å². The zero-order chi connectivity index (χ0) is 14.5. The summed E-state index contributed by atoms with van der Waals surface area (Å²) >= 11 is 0. The number of hydrogen-bond donors (Lipinski definition) is 1. The van der Waals surface area contributed by atoms with Crippen molar-refractivity contribution in [3.8, 4) is 0 Å². The maximum atomic E-state index is 12.2. The summed E-state index contributed by atoms with van der Waals surface area (Å²) in [5.74, 6) is 0.0101. The highest BCUT2D eigenvalue weighted by Crippen LogP contribution is 2.21. The Hall–Kier alpha value is -1.95. The number of para-hydroxylation sites is 1. The highest BCUT2D eigenvalue weighted by molar-refractivity contribution is 5.80. The number of amides is 1. The van der Waals surface area contributed by atoms with E-state index in [-0.39, 0.29) is 30.5 Å². The van der Waals surface area contributed by atoms with Gasteiger partial charge >= 0.3 is 0 Å². The molecule has 0 radical (unpaired) electrons. The van der Waals surface area contributed by atoms with E-state index in [0.29, 0.717) is 18.7 Å². The lowest BCUT2D eigenvalue weighted by molar-refractivity contribution is -0.385. The number of aliphatic hydroxyl groups is 1. The zero-order valence-corrected chi connectivity index (χ0v) is 11.2.